The van der Waals surface area contributed by atoms with Gasteiger partial charge in [-0.1, -0.05) is 26.7 Å². The van der Waals surface area contributed by atoms with Crippen molar-refractivity contribution in [3.05, 3.63) is 6.07 Å². The smallest absolute Gasteiger partial charge is 0.223 e. The first-order valence-electron chi connectivity index (χ1n) is 6.73. The third-order valence-corrected chi connectivity index (χ3v) is 4.40. The quantitative estimate of drug-likeness (QED) is 0.856. The molecule has 0 aromatic carbocycles. The van der Waals surface area contributed by atoms with Gasteiger partial charge >= 0.3 is 0 Å². The van der Waals surface area contributed by atoms with Gasteiger partial charge in [-0.25, -0.2) is 0 Å². The highest BCUT2D eigenvalue weighted by molar-refractivity contribution is 5.50. The van der Waals surface area contributed by atoms with Crippen LogP contribution in [0.3, 0.4) is 0 Å². The largest absolute Gasteiger partial charge is 0.383 e. The van der Waals surface area contributed by atoms with Crippen molar-refractivity contribution in [1.29, 1.82) is 0 Å². The molecule has 5 nitrogen and oxygen atoms in total. The first kappa shape index (κ1) is 12.9. The van der Waals surface area contributed by atoms with Gasteiger partial charge in [-0.15, -0.1) is 0 Å². The molecule has 0 unspecified atom stereocenters. The SMILES string of the molecule is CCC1(CC)CCN(c2cc(N)nc(N)n2)CC1. The molecule has 0 saturated carbocycles. The number of rotatable bonds is 3. The van der Waals surface area contributed by atoms with Gasteiger partial charge in [0.2, 0.25) is 5.95 Å². The summed E-state index contributed by atoms with van der Waals surface area (Å²) >= 11 is 0. The number of hydrogen-bond donors (Lipinski definition) is 2. The van der Waals surface area contributed by atoms with Gasteiger partial charge in [-0.3, -0.25) is 0 Å². The maximum atomic E-state index is 5.71. The zero-order valence-electron chi connectivity index (χ0n) is 11.3. The van der Waals surface area contributed by atoms with Crippen molar-refractivity contribution in [2.45, 2.75) is 39.5 Å². The zero-order chi connectivity index (χ0) is 13.2. The lowest BCUT2D eigenvalue weighted by Gasteiger charge is -2.41. The van der Waals surface area contributed by atoms with Gasteiger partial charge in [0, 0.05) is 19.2 Å². The molecule has 0 amide bonds. The van der Waals surface area contributed by atoms with Gasteiger partial charge in [0.15, 0.2) is 0 Å². The van der Waals surface area contributed by atoms with Crippen molar-refractivity contribution in [1.82, 2.24) is 9.97 Å². The van der Waals surface area contributed by atoms with E-state index in [0.29, 0.717) is 11.2 Å². The second-order valence-electron chi connectivity index (χ2n) is 5.20. The van der Waals surface area contributed by atoms with Crippen LogP contribution in [0.1, 0.15) is 39.5 Å². The molecule has 0 atom stereocenters. The second kappa shape index (κ2) is 5.00. The topological polar surface area (TPSA) is 81.1 Å². The van der Waals surface area contributed by atoms with E-state index in [4.69, 9.17) is 11.5 Å². The monoisotopic (exact) mass is 249 g/mol. The number of hydrogen-bond acceptors (Lipinski definition) is 5. The molecule has 100 valence electrons. The molecule has 2 heterocycles. The molecule has 0 radical (unpaired) electrons. The first-order valence-corrected chi connectivity index (χ1v) is 6.73. The third kappa shape index (κ3) is 2.49. The van der Waals surface area contributed by atoms with Gasteiger partial charge in [0.25, 0.3) is 0 Å². The fraction of sp³-hybridized carbons (Fsp3) is 0.692. The molecule has 1 aliphatic rings. The minimum absolute atomic E-state index is 0.257. The molecule has 1 saturated heterocycles. The lowest BCUT2D eigenvalue weighted by Crippen LogP contribution is -2.40. The van der Waals surface area contributed by atoms with Crippen LogP contribution in [0.2, 0.25) is 0 Å². The number of aromatic nitrogens is 2. The van der Waals surface area contributed by atoms with Gasteiger partial charge in [0.1, 0.15) is 11.6 Å². The Bertz CT molecular complexity index is 384. The Morgan fingerprint density at radius 1 is 1.17 bits per heavy atom. The van der Waals surface area contributed by atoms with E-state index in [-0.39, 0.29) is 5.95 Å². The van der Waals surface area contributed by atoms with Gasteiger partial charge in [0.05, 0.1) is 0 Å². The summed E-state index contributed by atoms with van der Waals surface area (Å²) in [4.78, 5) is 10.4. The van der Waals surface area contributed by atoms with Gasteiger partial charge in [-0.05, 0) is 18.3 Å². The van der Waals surface area contributed by atoms with Crippen LogP contribution in [0.5, 0.6) is 0 Å². The van der Waals surface area contributed by atoms with E-state index >= 15 is 0 Å². The van der Waals surface area contributed by atoms with Crippen LogP contribution in [0.25, 0.3) is 0 Å². The van der Waals surface area contributed by atoms with E-state index in [1.54, 1.807) is 6.07 Å². The van der Waals surface area contributed by atoms with E-state index in [1.165, 1.54) is 25.7 Å². The number of nitrogens with zero attached hydrogens (tertiary/aromatic N) is 3. The normalized spacial score (nSPS) is 18.9. The summed E-state index contributed by atoms with van der Waals surface area (Å²) in [7, 11) is 0. The Morgan fingerprint density at radius 2 is 1.78 bits per heavy atom. The maximum Gasteiger partial charge on any atom is 0.223 e. The van der Waals surface area contributed by atoms with Crippen LogP contribution < -0.4 is 16.4 Å². The molecular weight excluding hydrogens is 226 g/mol. The fourth-order valence-corrected chi connectivity index (χ4v) is 2.80. The van der Waals surface area contributed by atoms with Crippen molar-refractivity contribution in [3.8, 4) is 0 Å². The standard InChI is InChI=1S/C13H23N5/c1-3-13(4-2)5-7-18(8-6-13)11-9-10(14)16-12(15)17-11/h9H,3-8H2,1-2H3,(H4,14,15,16,17). The second-order valence-corrected chi connectivity index (χ2v) is 5.20. The third-order valence-electron chi connectivity index (χ3n) is 4.40. The summed E-state index contributed by atoms with van der Waals surface area (Å²) in [5.41, 5.74) is 11.9. The van der Waals surface area contributed by atoms with E-state index in [1.807, 2.05) is 0 Å². The van der Waals surface area contributed by atoms with E-state index in [2.05, 4.69) is 28.7 Å². The average Bonchev–Trinajstić information content (AvgIpc) is 2.38. The molecule has 1 fully saturated rings. The molecule has 2 rings (SSSR count). The molecule has 1 aliphatic heterocycles. The van der Waals surface area contributed by atoms with Crippen molar-refractivity contribution in [2.24, 2.45) is 5.41 Å². The lowest BCUT2D eigenvalue weighted by atomic mass is 9.74. The van der Waals surface area contributed by atoms with Crippen molar-refractivity contribution < 1.29 is 0 Å². The van der Waals surface area contributed by atoms with Crippen LogP contribution in [-0.2, 0) is 0 Å². The maximum absolute atomic E-state index is 5.71. The summed E-state index contributed by atoms with van der Waals surface area (Å²) < 4.78 is 0. The molecule has 18 heavy (non-hydrogen) atoms. The highest BCUT2D eigenvalue weighted by Gasteiger charge is 2.31. The molecule has 0 spiro atoms. The van der Waals surface area contributed by atoms with E-state index in [9.17, 15) is 0 Å². The Hall–Kier alpha value is -1.52. The highest BCUT2D eigenvalue weighted by Crippen LogP contribution is 2.38. The average molecular weight is 249 g/mol. The highest BCUT2D eigenvalue weighted by atomic mass is 15.2. The Balaban J connectivity index is 2.09. The van der Waals surface area contributed by atoms with Crippen LogP contribution in [-0.4, -0.2) is 23.1 Å². The molecular formula is C13H23N5. The van der Waals surface area contributed by atoms with Crippen LogP contribution >= 0.6 is 0 Å². The number of nitrogens with two attached hydrogens (primary N) is 2. The minimum atomic E-state index is 0.257. The van der Waals surface area contributed by atoms with Crippen LogP contribution in [0.15, 0.2) is 6.07 Å². The number of anilines is 3. The lowest BCUT2D eigenvalue weighted by molar-refractivity contribution is 0.199. The molecule has 1 aromatic heterocycles. The van der Waals surface area contributed by atoms with Crippen LogP contribution in [0, 0.1) is 5.41 Å². The van der Waals surface area contributed by atoms with Crippen LogP contribution in [0.4, 0.5) is 17.6 Å². The fourth-order valence-electron chi connectivity index (χ4n) is 2.80. The van der Waals surface area contributed by atoms with Crippen molar-refractivity contribution in [3.63, 3.8) is 0 Å². The molecule has 0 bridgehead atoms. The molecule has 0 aliphatic carbocycles. The Labute approximate surface area is 109 Å². The predicted molar refractivity (Wildman–Crippen MR) is 75.3 cm³/mol. The summed E-state index contributed by atoms with van der Waals surface area (Å²) in [5, 5.41) is 0. The number of nitrogen functional groups attached to an aromatic ring is 2. The van der Waals surface area contributed by atoms with E-state index < -0.39 is 0 Å². The summed E-state index contributed by atoms with van der Waals surface area (Å²) in [6.07, 6.45) is 4.93. The van der Waals surface area contributed by atoms with E-state index in [0.717, 1.165) is 18.9 Å². The molecule has 1 aromatic rings. The Morgan fingerprint density at radius 3 is 2.28 bits per heavy atom. The Kier molecular flexibility index (Phi) is 3.59. The van der Waals surface area contributed by atoms with Crippen molar-refractivity contribution in [2.75, 3.05) is 29.5 Å². The summed E-state index contributed by atoms with van der Waals surface area (Å²) in [6.45, 7) is 6.63. The summed E-state index contributed by atoms with van der Waals surface area (Å²) in [6, 6.07) is 1.81. The van der Waals surface area contributed by atoms with Crippen molar-refractivity contribution >= 4 is 17.6 Å². The molecule has 4 N–H and O–H groups in total. The zero-order valence-corrected chi connectivity index (χ0v) is 11.3. The van der Waals surface area contributed by atoms with Gasteiger partial charge in [-0.2, -0.15) is 9.97 Å². The number of piperidine rings is 1. The minimum Gasteiger partial charge on any atom is -0.383 e. The summed E-state index contributed by atoms with van der Waals surface area (Å²) in [5.74, 6) is 1.56. The molecule has 5 heteroatoms. The van der Waals surface area contributed by atoms with Gasteiger partial charge < -0.3 is 16.4 Å². The predicted octanol–water partition coefficient (Wildman–Crippen LogP) is 2.05. The first-order chi connectivity index (χ1) is 8.58.